The predicted octanol–water partition coefficient (Wildman–Crippen LogP) is 2.05. The van der Waals surface area contributed by atoms with Crippen molar-refractivity contribution in [3.63, 3.8) is 0 Å². The quantitative estimate of drug-likeness (QED) is 0.490. The van der Waals surface area contributed by atoms with Crippen LogP contribution in [-0.4, -0.2) is 37.6 Å². The molecule has 0 saturated heterocycles. The number of alkyl halides is 4. The van der Waals surface area contributed by atoms with E-state index in [1.807, 2.05) is 0 Å². The van der Waals surface area contributed by atoms with Gasteiger partial charge in [-0.05, 0) is 18.2 Å². The molecule has 0 radical (unpaired) electrons. The molecule has 0 saturated carbocycles. The van der Waals surface area contributed by atoms with E-state index in [0.717, 1.165) is 6.07 Å². The summed E-state index contributed by atoms with van der Waals surface area (Å²) < 4.78 is 75.8. The minimum absolute atomic E-state index is 0.169. The van der Waals surface area contributed by atoms with Crippen LogP contribution in [0.4, 0.5) is 17.6 Å². The van der Waals surface area contributed by atoms with Crippen LogP contribution in [0.2, 0.25) is 0 Å². The maximum absolute atomic E-state index is 13.0. The van der Waals surface area contributed by atoms with Gasteiger partial charge >= 0.3 is 17.1 Å². The molecule has 0 fully saturated rings. The van der Waals surface area contributed by atoms with Crippen LogP contribution in [0.5, 0.6) is 5.75 Å². The molecule has 0 aliphatic carbocycles. The molecule has 21 heavy (non-hydrogen) atoms. The van der Waals surface area contributed by atoms with Crippen molar-refractivity contribution < 1.29 is 41.0 Å². The Morgan fingerprint density at radius 1 is 1.33 bits per heavy atom. The van der Waals surface area contributed by atoms with Crippen molar-refractivity contribution in [1.82, 2.24) is 0 Å². The summed E-state index contributed by atoms with van der Waals surface area (Å²) in [6, 6.07) is 4.73. The van der Waals surface area contributed by atoms with Gasteiger partial charge in [-0.1, -0.05) is 6.07 Å². The van der Waals surface area contributed by atoms with Crippen molar-refractivity contribution in [1.29, 1.82) is 0 Å². The number of ether oxygens (including phenoxy) is 1. The molecule has 0 aliphatic heterocycles. The number of aromatic hydroxyl groups is 1. The number of carbonyl (C=O) groups is 1. The van der Waals surface area contributed by atoms with Crippen molar-refractivity contribution in [2.75, 3.05) is 6.61 Å². The Labute approximate surface area is 118 Å². The summed E-state index contributed by atoms with van der Waals surface area (Å²) in [5.74, 6) is -6.27. The highest BCUT2D eigenvalue weighted by Crippen LogP contribution is 2.38. The lowest BCUT2D eigenvalue weighted by molar-refractivity contribution is -0.166. The summed E-state index contributed by atoms with van der Waals surface area (Å²) in [5, 5.41) is 3.83. The molecule has 0 amide bonds. The zero-order valence-electron chi connectivity index (χ0n) is 10.2. The number of hydrogen-bond donors (Lipinski definition) is 1. The number of phenolic OH excluding ortho intramolecular Hbond substituents is 1. The number of phenols is 1. The molecule has 118 valence electrons. The highest BCUT2D eigenvalue weighted by Gasteiger charge is 2.57. The first kappa shape index (κ1) is 17.4. The topological polar surface area (TPSA) is 86.7 Å². The van der Waals surface area contributed by atoms with Crippen LogP contribution in [0.25, 0.3) is 0 Å². The average molecular weight is 329 g/mol. The Hall–Kier alpha value is -1.68. The van der Waals surface area contributed by atoms with E-state index < -0.39 is 41.3 Å². The van der Waals surface area contributed by atoms with E-state index in [4.69, 9.17) is 5.11 Å². The largest absolute Gasteiger partial charge is 0.768 e. The number of halogens is 4. The molecule has 0 spiro atoms. The molecule has 1 N–H and O–H groups in total. The second-order valence-corrected chi connectivity index (χ2v) is 4.87. The van der Waals surface area contributed by atoms with Crippen molar-refractivity contribution >= 4 is 17.0 Å². The molecule has 5 nitrogen and oxygen atoms in total. The van der Waals surface area contributed by atoms with Gasteiger partial charge in [0.05, 0.1) is 18.6 Å². The molecule has 1 unspecified atom stereocenters. The van der Waals surface area contributed by atoms with E-state index in [2.05, 4.69) is 4.74 Å². The van der Waals surface area contributed by atoms with E-state index in [-0.39, 0.29) is 11.3 Å². The summed E-state index contributed by atoms with van der Waals surface area (Å²) >= 11 is -4.31. The lowest BCUT2D eigenvalue weighted by Crippen LogP contribution is -2.44. The van der Waals surface area contributed by atoms with E-state index in [1.54, 1.807) is 0 Å². The minimum Gasteiger partial charge on any atom is -0.768 e. The molecule has 0 heterocycles. The normalized spacial score (nSPS) is 13.8. The number of hydrogen-bond acceptors (Lipinski definition) is 5. The maximum atomic E-state index is 13.0. The lowest BCUT2D eigenvalue weighted by Gasteiger charge is -2.27. The number of esters is 1. The van der Waals surface area contributed by atoms with Crippen LogP contribution in [0.1, 0.15) is 16.8 Å². The molecule has 1 aromatic carbocycles. The Bertz CT molecular complexity index is 549. The van der Waals surface area contributed by atoms with Crippen LogP contribution in [0.3, 0.4) is 0 Å². The van der Waals surface area contributed by atoms with Gasteiger partial charge in [-0.15, -0.1) is 0 Å². The molecular formula is C11H9F4O5S-. The molecule has 0 bridgehead atoms. The van der Waals surface area contributed by atoms with Gasteiger partial charge in [0.2, 0.25) is 0 Å². The SMILES string of the molecule is O=C(OCCC(F)(F)C(F)(F)S(=O)[O-])c1cccc(O)c1. The van der Waals surface area contributed by atoms with E-state index in [1.165, 1.54) is 18.2 Å². The van der Waals surface area contributed by atoms with Gasteiger partial charge in [0.25, 0.3) is 0 Å². The fraction of sp³-hybridized carbons (Fsp3) is 0.364. The molecular weight excluding hydrogens is 320 g/mol. The Morgan fingerprint density at radius 2 is 1.95 bits per heavy atom. The van der Waals surface area contributed by atoms with E-state index >= 15 is 0 Å². The second kappa shape index (κ2) is 6.39. The molecule has 1 rings (SSSR count). The average Bonchev–Trinajstić information content (AvgIpc) is 2.37. The van der Waals surface area contributed by atoms with Gasteiger partial charge in [0.15, 0.2) is 0 Å². The first-order chi connectivity index (χ1) is 9.58. The molecule has 10 heteroatoms. The van der Waals surface area contributed by atoms with Gasteiger partial charge in [-0.25, -0.2) is 4.79 Å². The fourth-order valence-electron chi connectivity index (χ4n) is 1.26. The summed E-state index contributed by atoms with van der Waals surface area (Å²) in [5.41, 5.74) is -0.169. The zero-order valence-corrected chi connectivity index (χ0v) is 11.0. The highest BCUT2D eigenvalue weighted by atomic mass is 32.2. The Morgan fingerprint density at radius 3 is 2.48 bits per heavy atom. The van der Waals surface area contributed by atoms with Crippen LogP contribution in [-0.2, 0) is 15.8 Å². The van der Waals surface area contributed by atoms with Crippen molar-refractivity contribution in [3.05, 3.63) is 29.8 Å². The number of carbonyl (C=O) groups excluding carboxylic acids is 1. The maximum Gasteiger partial charge on any atom is 0.371 e. The van der Waals surface area contributed by atoms with Crippen LogP contribution >= 0.6 is 0 Å². The standard InChI is InChI=1S/C11H10F4O5S/c12-10(13,11(14,15)21(18)19)4-5-20-9(17)7-2-1-3-8(16)6-7/h1-3,6,16H,4-5H2,(H,18,19)/p-1. The van der Waals surface area contributed by atoms with Gasteiger partial charge in [-0.3, -0.25) is 4.21 Å². The predicted molar refractivity (Wildman–Crippen MR) is 61.8 cm³/mol. The fourth-order valence-corrected chi connectivity index (χ4v) is 1.60. The van der Waals surface area contributed by atoms with Crippen molar-refractivity contribution in [2.45, 2.75) is 17.6 Å². The molecule has 1 aromatic rings. The third kappa shape index (κ3) is 4.14. The third-order valence-corrected chi connectivity index (χ3v) is 3.08. The summed E-state index contributed by atoms with van der Waals surface area (Å²) in [4.78, 5) is 11.4. The monoisotopic (exact) mass is 329 g/mol. The minimum atomic E-state index is -5.26. The van der Waals surface area contributed by atoms with Crippen molar-refractivity contribution in [3.8, 4) is 5.75 Å². The molecule has 0 aliphatic rings. The summed E-state index contributed by atoms with van der Waals surface area (Å²) in [6.45, 7) is -1.12. The lowest BCUT2D eigenvalue weighted by atomic mass is 10.2. The number of rotatable bonds is 6. The molecule has 1 atom stereocenters. The van der Waals surface area contributed by atoms with E-state index in [0.29, 0.717) is 0 Å². The summed E-state index contributed by atoms with van der Waals surface area (Å²) in [6.07, 6.45) is -1.67. The van der Waals surface area contributed by atoms with Gasteiger partial charge in [-0.2, -0.15) is 17.6 Å². The first-order valence-electron chi connectivity index (χ1n) is 5.39. The van der Waals surface area contributed by atoms with E-state index in [9.17, 15) is 31.1 Å². The third-order valence-electron chi connectivity index (χ3n) is 2.37. The van der Waals surface area contributed by atoms with Gasteiger partial charge in [0.1, 0.15) is 5.75 Å². The smallest absolute Gasteiger partial charge is 0.371 e. The second-order valence-electron chi connectivity index (χ2n) is 3.89. The zero-order chi connectivity index (χ0) is 16.3. The Balaban J connectivity index is 2.61. The van der Waals surface area contributed by atoms with Crippen LogP contribution in [0.15, 0.2) is 24.3 Å². The number of benzene rings is 1. The first-order valence-corrected chi connectivity index (χ1v) is 6.46. The Kier molecular flexibility index (Phi) is 5.29. The van der Waals surface area contributed by atoms with Crippen LogP contribution in [0, 0.1) is 0 Å². The van der Waals surface area contributed by atoms with Gasteiger partial charge in [0, 0.05) is 11.1 Å². The van der Waals surface area contributed by atoms with Gasteiger partial charge < -0.3 is 14.4 Å². The van der Waals surface area contributed by atoms with Crippen LogP contribution < -0.4 is 0 Å². The molecule has 0 aromatic heterocycles. The highest BCUT2D eigenvalue weighted by molar-refractivity contribution is 7.80. The summed E-state index contributed by atoms with van der Waals surface area (Å²) in [7, 11) is 0. The van der Waals surface area contributed by atoms with Crippen molar-refractivity contribution in [2.24, 2.45) is 0 Å².